The Balaban J connectivity index is 1.47. The molecule has 0 bridgehead atoms. The van der Waals surface area contributed by atoms with Crippen LogP contribution in [0.3, 0.4) is 0 Å². The van der Waals surface area contributed by atoms with E-state index < -0.39 is 0 Å². The second-order valence-electron chi connectivity index (χ2n) is 7.68. The van der Waals surface area contributed by atoms with E-state index in [1.54, 1.807) is 0 Å². The molecule has 0 aromatic rings. The Bertz CT molecular complexity index is 348. The average Bonchev–Trinajstić information content (AvgIpc) is 3.24. The summed E-state index contributed by atoms with van der Waals surface area (Å²) in [7, 11) is 0. The van der Waals surface area contributed by atoms with Crippen molar-refractivity contribution in [3.05, 3.63) is 0 Å². The SMILES string of the molecule is CC1CC(C)CN(CCCCNC(=O)NCC2(CO)CC2)C1. The molecule has 2 amide bonds. The zero-order chi connectivity index (χ0) is 16.0. The summed E-state index contributed by atoms with van der Waals surface area (Å²) in [6.45, 7) is 9.78. The summed E-state index contributed by atoms with van der Waals surface area (Å²) in [5, 5.41) is 15.0. The first-order chi connectivity index (χ1) is 10.5. The molecule has 1 aliphatic heterocycles. The van der Waals surface area contributed by atoms with Crippen LogP contribution in [-0.4, -0.2) is 55.4 Å². The van der Waals surface area contributed by atoms with Gasteiger partial charge < -0.3 is 20.6 Å². The lowest BCUT2D eigenvalue weighted by molar-refractivity contribution is 0.139. The zero-order valence-electron chi connectivity index (χ0n) is 14.2. The molecule has 5 nitrogen and oxygen atoms in total. The topological polar surface area (TPSA) is 64.6 Å². The molecule has 1 heterocycles. The number of piperidine rings is 1. The van der Waals surface area contributed by atoms with Crippen LogP contribution in [0.15, 0.2) is 0 Å². The molecule has 0 aromatic carbocycles. The minimum atomic E-state index is -0.0973. The molecule has 2 atom stereocenters. The minimum Gasteiger partial charge on any atom is -0.396 e. The van der Waals surface area contributed by atoms with Crippen LogP contribution in [0.25, 0.3) is 0 Å². The Morgan fingerprint density at radius 2 is 1.86 bits per heavy atom. The Morgan fingerprint density at radius 1 is 1.18 bits per heavy atom. The van der Waals surface area contributed by atoms with Crippen LogP contribution in [0.1, 0.15) is 46.0 Å². The van der Waals surface area contributed by atoms with Crippen LogP contribution < -0.4 is 10.6 Å². The molecular weight excluding hydrogens is 278 g/mol. The highest BCUT2D eigenvalue weighted by molar-refractivity contribution is 5.73. The van der Waals surface area contributed by atoms with Crippen molar-refractivity contribution in [1.82, 2.24) is 15.5 Å². The lowest BCUT2D eigenvalue weighted by Gasteiger charge is -2.34. The molecule has 0 spiro atoms. The van der Waals surface area contributed by atoms with E-state index in [2.05, 4.69) is 29.4 Å². The first-order valence-corrected chi connectivity index (χ1v) is 8.88. The summed E-state index contributed by atoms with van der Waals surface area (Å²) in [6, 6.07) is -0.0973. The monoisotopic (exact) mass is 311 g/mol. The van der Waals surface area contributed by atoms with Gasteiger partial charge in [-0.3, -0.25) is 0 Å². The maximum absolute atomic E-state index is 11.7. The summed E-state index contributed by atoms with van der Waals surface area (Å²) >= 11 is 0. The smallest absolute Gasteiger partial charge is 0.314 e. The van der Waals surface area contributed by atoms with Gasteiger partial charge in [-0.2, -0.15) is 0 Å². The fraction of sp³-hybridized carbons (Fsp3) is 0.941. The number of urea groups is 1. The standard InChI is InChI=1S/C17H33N3O2/c1-14-9-15(2)11-20(10-14)8-4-3-7-18-16(22)19-12-17(13-21)5-6-17/h14-15,21H,3-13H2,1-2H3,(H2,18,19,22). The van der Waals surface area contributed by atoms with Crippen molar-refractivity contribution in [2.24, 2.45) is 17.3 Å². The number of nitrogens with one attached hydrogen (secondary N) is 2. The van der Waals surface area contributed by atoms with Crippen LogP contribution in [0, 0.1) is 17.3 Å². The fourth-order valence-corrected chi connectivity index (χ4v) is 3.53. The number of unbranched alkanes of at least 4 members (excludes halogenated alkanes) is 1. The predicted octanol–water partition coefficient (Wildman–Crippen LogP) is 1.82. The fourth-order valence-electron chi connectivity index (χ4n) is 3.53. The van der Waals surface area contributed by atoms with Crippen molar-refractivity contribution < 1.29 is 9.90 Å². The van der Waals surface area contributed by atoms with E-state index >= 15 is 0 Å². The number of aliphatic hydroxyl groups is 1. The van der Waals surface area contributed by atoms with Crippen molar-refractivity contribution in [2.45, 2.75) is 46.0 Å². The molecule has 2 fully saturated rings. The van der Waals surface area contributed by atoms with Crippen LogP contribution in [0.2, 0.25) is 0 Å². The van der Waals surface area contributed by atoms with E-state index in [0.29, 0.717) is 6.54 Å². The Kier molecular flexibility index (Phi) is 6.50. The third-order valence-corrected chi connectivity index (χ3v) is 5.05. The number of rotatable bonds is 8. The van der Waals surface area contributed by atoms with Gasteiger partial charge >= 0.3 is 6.03 Å². The summed E-state index contributed by atoms with van der Waals surface area (Å²) in [6.07, 6.45) is 5.57. The van der Waals surface area contributed by atoms with Crippen molar-refractivity contribution >= 4 is 6.03 Å². The predicted molar refractivity (Wildman–Crippen MR) is 88.8 cm³/mol. The molecule has 128 valence electrons. The second-order valence-corrected chi connectivity index (χ2v) is 7.68. The number of hydrogen-bond acceptors (Lipinski definition) is 3. The largest absolute Gasteiger partial charge is 0.396 e. The van der Waals surface area contributed by atoms with Crippen LogP contribution in [0.4, 0.5) is 4.79 Å². The van der Waals surface area contributed by atoms with E-state index in [4.69, 9.17) is 0 Å². The number of amides is 2. The number of hydrogen-bond donors (Lipinski definition) is 3. The van der Waals surface area contributed by atoms with Gasteiger partial charge in [-0.05, 0) is 50.5 Å². The van der Waals surface area contributed by atoms with E-state index in [9.17, 15) is 9.90 Å². The van der Waals surface area contributed by atoms with Crippen LogP contribution in [-0.2, 0) is 0 Å². The molecule has 1 saturated carbocycles. The minimum absolute atomic E-state index is 0.0149. The van der Waals surface area contributed by atoms with Gasteiger partial charge in [0.15, 0.2) is 0 Å². The van der Waals surface area contributed by atoms with Gasteiger partial charge in [-0.15, -0.1) is 0 Å². The second kappa shape index (κ2) is 8.16. The zero-order valence-corrected chi connectivity index (χ0v) is 14.2. The van der Waals surface area contributed by atoms with Crippen molar-refractivity contribution in [2.75, 3.05) is 39.3 Å². The van der Waals surface area contributed by atoms with Gasteiger partial charge in [0.1, 0.15) is 0 Å². The summed E-state index contributed by atoms with van der Waals surface area (Å²) in [5.74, 6) is 1.63. The van der Waals surface area contributed by atoms with Crippen molar-refractivity contribution in [3.63, 3.8) is 0 Å². The molecular formula is C17H33N3O2. The quantitative estimate of drug-likeness (QED) is 0.599. The van der Waals surface area contributed by atoms with Crippen molar-refractivity contribution in [3.8, 4) is 0 Å². The highest BCUT2D eigenvalue weighted by Gasteiger charge is 2.42. The summed E-state index contributed by atoms with van der Waals surface area (Å²) in [5.41, 5.74) is -0.0149. The molecule has 2 rings (SSSR count). The Morgan fingerprint density at radius 3 is 2.45 bits per heavy atom. The highest BCUT2D eigenvalue weighted by atomic mass is 16.3. The number of carbonyl (C=O) groups excluding carboxylic acids is 1. The number of likely N-dealkylation sites (tertiary alicyclic amines) is 1. The van der Waals surface area contributed by atoms with Gasteiger partial charge in [-0.1, -0.05) is 13.8 Å². The lowest BCUT2D eigenvalue weighted by atomic mass is 9.92. The van der Waals surface area contributed by atoms with E-state index in [1.807, 2.05) is 0 Å². The van der Waals surface area contributed by atoms with Crippen LogP contribution >= 0.6 is 0 Å². The average molecular weight is 311 g/mol. The molecule has 1 saturated heterocycles. The third kappa shape index (κ3) is 5.76. The number of nitrogens with zero attached hydrogens (tertiary/aromatic N) is 1. The summed E-state index contributed by atoms with van der Waals surface area (Å²) < 4.78 is 0. The molecule has 5 heteroatoms. The van der Waals surface area contributed by atoms with E-state index in [0.717, 1.165) is 50.6 Å². The number of carbonyl (C=O) groups is 1. The third-order valence-electron chi connectivity index (χ3n) is 5.05. The molecule has 0 radical (unpaired) electrons. The van der Waals surface area contributed by atoms with E-state index in [1.165, 1.54) is 19.5 Å². The first-order valence-electron chi connectivity index (χ1n) is 8.88. The Labute approximate surface area is 134 Å². The normalized spacial score (nSPS) is 27.4. The van der Waals surface area contributed by atoms with Gasteiger partial charge in [0.05, 0.1) is 6.61 Å². The van der Waals surface area contributed by atoms with Gasteiger partial charge in [0.2, 0.25) is 0 Å². The highest BCUT2D eigenvalue weighted by Crippen LogP contribution is 2.44. The van der Waals surface area contributed by atoms with Crippen molar-refractivity contribution in [1.29, 1.82) is 0 Å². The molecule has 0 aromatic heterocycles. The maximum Gasteiger partial charge on any atom is 0.314 e. The molecule has 2 aliphatic rings. The number of aliphatic hydroxyl groups excluding tert-OH is 1. The molecule has 3 N–H and O–H groups in total. The maximum atomic E-state index is 11.7. The van der Waals surface area contributed by atoms with Gasteiger partial charge in [0.25, 0.3) is 0 Å². The van der Waals surface area contributed by atoms with Crippen LogP contribution in [0.5, 0.6) is 0 Å². The molecule has 1 aliphatic carbocycles. The van der Waals surface area contributed by atoms with Gasteiger partial charge in [0, 0.05) is 31.6 Å². The molecule has 2 unspecified atom stereocenters. The Hall–Kier alpha value is -0.810. The lowest BCUT2D eigenvalue weighted by Crippen LogP contribution is -2.41. The molecule has 22 heavy (non-hydrogen) atoms. The van der Waals surface area contributed by atoms with E-state index in [-0.39, 0.29) is 18.1 Å². The van der Waals surface area contributed by atoms with Gasteiger partial charge in [-0.25, -0.2) is 4.79 Å². The summed E-state index contributed by atoms with van der Waals surface area (Å²) in [4.78, 5) is 14.2. The first kappa shape index (κ1) is 17.5.